The molecule has 0 saturated heterocycles. The molecule has 0 radical (unpaired) electrons. The van der Waals surface area contributed by atoms with Gasteiger partial charge >= 0.3 is 11.9 Å². The lowest BCUT2D eigenvalue weighted by Crippen LogP contribution is -2.08. The van der Waals surface area contributed by atoms with Crippen molar-refractivity contribution in [2.75, 3.05) is 6.61 Å². The zero-order chi connectivity index (χ0) is 17.9. The predicted octanol–water partition coefficient (Wildman–Crippen LogP) is 3.38. The van der Waals surface area contributed by atoms with Crippen LogP contribution in [-0.2, 0) is 27.2 Å². The number of aliphatic carboxylic acids is 1. The Balaban J connectivity index is 0.000000243. The third kappa shape index (κ3) is 7.00. The molecule has 0 heterocycles. The second kappa shape index (κ2) is 10.1. The van der Waals surface area contributed by atoms with Crippen LogP contribution in [0.2, 0.25) is 0 Å². The number of rotatable bonds is 5. The fourth-order valence-corrected chi connectivity index (χ4v) is 1.81. The summed E-state index contributed by atoms with van der Waals surface area (Å²) in [4.78, 5) is 21.1. The summed E-state index contributed by atoms with van der Waals surface area (Å²) in [6, 6.07) is 12.0. The van der Waals surface area contributed by atoms with Gasteiger partial charge in [0.15, 0.2) is 0 Å². The van der Waals surface area contributed by atoms with Crippen LogP contribution in [0.4, 0.5) is 8.78 Å². The maximum Gasteiger partial charge on any atom is 0.310 e. The molecule has 0 aliphatic heterocycles. The lowest BCUT2D eigenvalue weighted by atomic mass is 10.1. The van der Waals surface area contributed by atoms with E-state index in [0.29, 0.717) is 12.2 Å². The molecule has 0 amide bonds. The van der Waals surface area contributed by atoms with Gasteiger partial charge in [-0.15, -0.1) is 0 Å². The number of carbonyl (C=O) groups excluding carboxylic acids is 1. The van der Waals surface area contributed by atoms with E-state index in [4.69, 9.17) is 9.84 Å². The normalized spacial score (nSPS) is 9.62. The first-order chi connectivity index (χ1) is 11.4. The molecule has 2 rings (SSSR count). The van der Waals surface area contributed by atoms with Crippen LogP contribution in [-0.4, -0.2) is 23.7 Å². The van der Waals surface area contributed by atoms with E-state index < -0.39 is 17.8 Å². The Morgan fingerprint density at radius 3 is 1.79 bits per heavy atom. The molecular formula is C18H18F2O4. The third-order valence-electron chi connectivity index (χ3n) is 2.90. The van der Waals surface area contributed by atoms with Crippen molar-refractivity contribution in [1.29, 1.82) is 0 Å². The lowest BCUT2D eigenvalue weighted by Gasteiger charge is -2.02. The molecule has 0 fully saturated rings. The molecule has 6 heteroatoms. The number of halogens is 2. The standard InChI is InChI=1S/C10H11FO2.C8H7FO2/c1-2-13-10(12)7-8-5-3-4-6-9(8)11;9-7-4-2-1-3-6(7)5-8(10)11/h3-6H,2,7H2,1H3;1-4H,5H2,(H,10,11). The summed E-state index contributed by atoms with van der Waals surface area (Å²) in [5.41, 5.74) is 0.598. The number of benzene rings is 2. The van der Waals surface area contributed by atoms with Crippen LogP contribution < -0.4 is 0 Å². The summed E-state index contributed by atoms with van der Waals surface area (Å²) in [5, 5.41) is 8.32. The fraction of sp³-hybridized carbons (Fsp3) is 0.222. The Bertz CT molecular complexity index is 686. The van der Waals surface area contributed by atoms with E-state index >= 15 is 0 Å². The van der Waals surface area contributed by atoms with E-state index in [2.05, 4.69) is 0 Å². The van der Waals surface area contributed by atoms with Crippen LogP contribution >= 0.6 is 0 Å². The molecule has 2 aromatic carbocycles. The first-order valence-corrected chi connectivity index (χ1v) is 7.28. The molecule has 1 N–H and O–H groups in total. The number of carboxylic acid groups (broad SMARTS) is 1. The van der Waals surface area contributed by atoms with Crippen molar-refractivity contribution in [2.45, 2.75) is 19.8 Å². The Hall–Kier alpha value is -2.76. The zero-order valence-corrected chi connectivity index (χ0v) is 13.2. The van der Waals surface area contributed by atoms with Gasteiger partial charge in [0.05, 0.1) is 19.4 Å². The molecule has 0 aromatic heterocycles. The Labute approximate surface area is 138 Å². The summed E-state index contributed by atoms with van der Waals surface area (Å²) in [6.45, 7) is 2.05. The van der Waals surface area contributed by atoms with Crippen molar-refractivity contribution in [3.63, 3.8) is 0 Å². The van der Waals surface area contributed by atoms with Crippen LogP contribution in [0, 0.1) is 11.6 Å². The Kier molecular flexibility index (Phi) is 8.11. The minimum Gasteiger partial charge on any atom is -0.481 e. The molecule has 0 aliphatic carbocycles. The number of hydrogen-bond donors (Lipinski definition) is 1. The summed E-state index contributed by atoms with van der Waals surface area (Å²) < 4.78 is 30.4. The summed E-state index contributed by atoms with van der Waals surface area (Å²) in [7, 11) is 0. The van der Waals surface area contributed by atoms with Gasteiger partial charge in [-0.2, -0.15) is 0 Å². The molecule has 0 saturated carbocycles. The first kappa shape index (κ1) is 19.3. The van der Waals surface area contributed by atoms with Gasteiger partial charge in [-0.05, 0) is 30.2 Å². The average Bonchev–Trinajstić information content (AvgIpc) is 2.52. The van der Waals surface area contributed by atoms with E-state index in [0.717, 1.165) is 0 Å². The molecule has 2 aromatic rings. The highest BCUT2D eigenvalue weighted by Gasteiger charge is 2.07. The Morgan fingerprint density at radius 1 is 0.917 bits per heavy atom. The number of esters is 1. The summed E-state index contributed by atoms with van der Waals surface area (Å²) in [6.07, 6.45) is -0.257. The third-order valence-corrected chi connectivity index (χ3v) is 2.90. The van der Waals surface area contributed by atoms with Crippen molar-refractivity contribution in [1.82, 2.24) is 0 Å². The van der Waals surface area contributed by atoms with Gasteiger partial charge in [0.2, 0.25) is 0 Å². The highest BCUT2D eigenvalue weighted by molar-refractivity contribution is 5.72. The molecule has 4 nitrogen and oxygen atoms in total. The van der Waals surface area contributed by atoms with Crippen LogP contribution in [0.25, 0.3) is 0 Å². The van der Waals surface area contributed by atoms with E-state index in [1.165, 1.54) is 24.3 Å². The predicted molar refractivity (Wildman–Crippen MR) is 84.5 cm³/mol. The van der Waals surface area contributed by atoms with E-state index in [-0.39, 0.29) is 24.2 Å². The van der Waals surface area contributed by atoms with Crippen molar-refractivity contribution in [2.24, 2.45) is 0 Å². The maximum absolute atomic E-state index is 13.0. The van der Waals surface area contributed by atoms with Gasteiger partial charge < -0.3 is 9.84 Å². The summed E-state index contributed by atoms with van der Waals surface area (Å²) in [5.74, 6) is -2.24. The molecule has 128 valence electrons. The SMILES string of the molecule is CCOC(=O)Cc1ccccc1F.O=C(O)Cc1ccccc1F. The smallest absolute Gasteiger partial charge is 0.310 e. The number of ether oxygens (including phenoxy) is 1. The van der Waals surface area contributed by atoms with Crippen molar-refractivity contribution >= 4 is 11.9 Å². The van der Waals surface area contributed by atoms with Gasteiger partial charge in [0.1, 0.15) is 11.6 Å². The Morgan fingerprint density at radius 2 is 1.38 bits per heavy atom. The van der Waals surface area contributed by atoms with E-state index in [1.807, 2.05) is 0 Å². The molecular weight excluding hydrogens is 318 g/mol. The minimum atomic E-state index is -1.02. The first-order valence-electron chi connectivity index (χ1n) is 7.28. The van der Waals surface area contributed by atoms with Gasteiger partial charge in [-0.25, -0.2) is 8.78 Å². The molecule has 0 bridgehead atoms. The van der Waals surface area contributed by atoms with E-state index in [9.17, 15) is 18.4 Å². The van der Waals surface area contributed by atoms with Gasteiger partial charge in [-0.3, -0.25) is 9.59 Å². The molecule has 0 aliphatic rings. The molecule has 0 unspecified atom stereocenters. The highest BCUT2D eigenvalue weighted by Crippen LogP contribution is 2.07. The van der Waals surface area contributed by atoms with Crippen molar-refractivity contribution < 1.29 is 28.2 Å². The second-order valence-corrected chi connectivity index (χ2v) is 4.74. The van der Waals surface area contributed by atoms with Gasteiger partial charge in [0.25, 0.3) is 0 Å². The monoisotopic (exact) mass is 336 g/mol. The van der Waals surface area contributed by atoms with Crippen LogP contribution in [0.5, 0.6) is 0 Å². The number of carbonyl (C=O) groups is 2. The fourth-order valence-electron chi connectivity index (χ4n) is 1.81. The zero-order valence-electron chi connectivity index (χ0n) is 13.2. The van der Waals surface area contributed by atoms with Crippen molar-refractivity contribution in [3.05, 3.63) is 71.3 Å². The van der Waals surface area contributed by atoms with Gasteiger partial charge in [-0.1, -0.05) is 36.4 Å². The number of hydrogen-bond acceptors (Lipinski definition) is 3. The maximum atomic E-state index is 13.0. The van der Waals surface area contributed by atoms with Crippen molar-refractivity contribution in [3.8, 4) is 0 Å². The molecule has 0 spiro atoms. The lowest BCUT2D eigenvalue weighted by molar-refractivity contribution is -0.142. The minimum absolute atomic E-state index is 0.000509. The quantitative estimate of drug-likeness (QED) is 0.850. The largest absolute Gasteiger partial charge is 0.481 e. The summed E-state index contributed by atoms with van der Waals surface area (Å²) >= 11 is 0. The van der Waals surface area contributed by atoms with Gasteiger partial charge in [0, 0.05) is 0 Å². The van der Waals surface area contributed by atoms with Crippen LogP contribution in [0.15, 0.2) is 48.5 Å². The van der Waals surface area contributed by atoms with E-state index in [1.54, 1.807) is 31.2 Å². The average molecular weight is 336 g/mol. The van der Waals surface area contributed by atoms with Crippen LogP contribution in [0.3, 0.4) is 0 Å². The second-order valence-electron chi connectivity index (χ2n) is 4.74. The van der Waals surface area contributed by atoms with Crippen LogP contribution in [0.1, 0.15) is 18.1 Å². The topological polar surface area (TPSA) is 63.6 Å². The highest BCUT2D eigenvalue weighted by atomic mass is 19.1. The molecule has 0 atom stereocenters. The molecule has 24 heavy (non-hydrogen) atoms. The number of carboxylic acids is 1.